The summed E-state index contributed by atoms with van der Waals surface area (Å²) >= 11 is 18.5. The Bertz CT molecular complexity index is 1510. The predicted molar refractivity (Wildman–Crippen MR) is 154 cm³/mol. The van der Waals surface area contributed by atoms with Gasteiger partial charge in [-0.05, 0) is 101 Å². The van der Waals surface area contributed by atoms with Gasteiger partial charge in [0.25, 0.3) is 0 Å². The van der Waals surface area contributed by atoms with E-state index < -0.39 is 37.3 Å². The van der Waals surface area contributed by atoms with Crippen LogP contribution in [0.2, 0.25) is 15.1 Å². The van der Waals surface area contributed by atoms with Crippen LogP contribution in [0.5, 0.6) is 0 Å². The molecule has 208 valence electrons. The summed E-state index contributed by atoms with van der Waals surface area (Å²) < 4.78 is 44.0. The predicted octanol–water partition coefficient (Wildman–Crippen LogP) is 7.82. The number of benzene rings is 4. The summed E-state index contributed by atoms with van der Waals surface area (Å²) in [6, 6.07) is 23.0. The molecule has 0 amide bonds. The molecule has 0 aromatic heterocycles. The van der Waals surface area contributed by atoms with Gasteiger partial charge < -0.3 is 9.47 Å². The summed E-state index contributed by atoms with van der Waals surface area (Å²) in [5.41, 5.74) is -0.365. The zero-order chi connectivity index (χ0) is 29.1. The molecule has 0 heterocycles. The number of carbonyl (C=O) groups is 2. The summed E-state index contributed by atoms with van der Waals surface area (Å²) in [5, 5.41) is 1.29. The Kier molecular flexibility index (Phi) is 9.14. The standard InChI is InChI=1S/C28H21Cl3O7S2/c1-36-27(32)18-15-19(28(33)37-2)17-26(16-18)40(34,35)38-39(23-9-3-20(29)4-10-23,24-11-5-21(30)6-12-24)25-13-7-22(31)8-14-25/h3-17H,1-2H3. The highest BCUT2D eigenvalue weighted by Gasteiger charge is 2.39. The second-order valence-electron chi connectivity index (χ2n) is 8.17. The molecule has 4 aromatic carbocycles. The molecule has 0 unspecified atom stereocenters. The lowest BCUT2D eigenvalue weighted by Crippen LogP contribution is -2.16. The summed E-state index contributed by atoms with van der Waals surface area (Å²) in [4.78, 5) is 25.7. The molecule has 40 heavy (non-hydrogen) atoms. The maximum Gasteiger partial charge on any atom is 0.337 e. The molecule has 0 saturated carbocycles. The first-order chi connectivity index (χ1) is 19.0. The Morgan fingerprint density at radius 3 is 1.18 bits per heavy atom. The zero-order valence-corrected chi connectivity index (χ0v) is 24.9. The molecule has 0 radical (unpaired) electrons. The molecule has 0 spiro atoms. The van der Waals surface area contributed by atoms with Crippen molar-refractivity contribution in [2.75, 3.05) is 14.2 Å². The van der Waals surface area contributed by atoms with Crippen molar-refractivity contribution in [2.24, 2.45) is 0 Å². The normalized spacial score (nSPS) is 12.0. The highest BCUT2D eigenvalue weighted by Crippen LogP contribution is 2.70. The Labute approximate surface area is 248 Å². The van der Waals surface area contributed by atoms with E-state index in [0.717, 1.165) is 26.4 Å². The largest absolute Gasteiger partial charge is 0.465 e. The summed E-state index contributed by atoms with van der Waals surface area (Å²) in [6.07, 6.45) is 0. The molecule has 4 aromatic rings. The van der Waals surface area contributed by atoms with Crippen LogP contribution in [0.25, 0.3) is 0 Å². The van der Waals surface area contributed by atoms with E-state index in [2.05, 4.69) is 0 Å². The number of methoxy groups -OCH3 is 2. The van der Waals surface area contributed by atoms with E-state index in [-0.39, 0.29) is 11.1 Å². The van der Waals surface area contributed by atoms with Crippen LogP contribution in [-0.4, -0.2) is 34.6 Å². The van der Waals surface area contributed by atoms with E-state index in [1.165, 1.54) is 6.07 Å². The third-order valence-electron chi connectivity index (χ3n) is 5.67. The molecule has 4 rings (SSSR count). The summed E-state index contributed by atoms with van der Waals surface area (Å²) in [7, 11) is -5.49. The second-order valence-corrected chi connectivity index (χ2v) is 13.9. The fourth-order valence-electron chi connectivity index (χ4n) is 3.79. The highest BCUT2D eigenvalue weighted by molar-refractivity contribution is 8.33. The maximum absolute atomic E-state index is 14.1. The van der Waals surface area contributed by atoms with Crippen LogP contribution in [0.3, 0.4) is 0 Å². The van der Waals surface area contributed by atoms with Crippen LogP contribution in [0, 0.1) is 0 Å². The van der Waals surface area contributed by atoms with Crippen molar-refractivity contribution in [2.45, 2.75) is 19.6 Å². The van der Waals surface area contributed by atoms with Gasteiger partial charge in [0, 0.05) is 29.8 Å². The SMILES string of the molecule is COC(=O)c1cc(C(=O)OC)cc(S(=O)(=O)OS(c2ccc(Cl)cc2)(c2ccc(Cl)cc2)c2ccc(Cl)cc2)c1. The van der Waals surface area contributed by atoms with Crippen molar-refractivity contribution >= 4 is 67.2 Å². The van der Waals surface area contributed by atoms with Crippen LogP contribution >= 0.6 is 45.1 Å². The van der Waals surface area contributed by atoms with Crippen molar-refractivity contribution < 1.29 is 31.1 Å². The van der Waals surface area contributed by atoms with Crippen LogP contribution in [-0.2, 0) is 23.2 Å². The van der Waals surface area contributed by atoms with Crippen molar-refractivity contribution in [3.05, 3.63) is 117 Å². The Morgan fingerprint density at radius 2 is 0.875 bits per heavy atom. The Balaban J connectivity index is 2.03. The third-order valence-corrected chi connectivity index (χ3v) is 11.6. The molecular weight excluding hydrogens is 619 g/mol. The minimum atomic E-state index is -4.70. The lowest BCUT2D eigenvalue weighted by Gasteiger charge is -2.39. The van der Waals surface area contributed by atoms with Gasteiger partial charge in [0.1, 0.15) is 0 Å². The van der Waals surface area contributed by atoms with E-state index >= 15 is 0 Å². The fraction of sp³-hybridized carbons (Fsp3) is 0.0714. The first-order valence-electron chi connectivity index (χ1n) is 11.4. The van der Waals surface area contributed by atoms with Crippen LogP contribution in [0.4, 0.5) is 0 Å². The Morgan fingerprint density at radius 1 is 0.550 bits per heavy atom. The van der Waals surface area contributed by atoms with Gasteiger partial charge in [-0.15, -0.1) is 0 Å². The number of hydrogen-bond acceptors (Lipinski definition) is 7. The van der Waals surface area contributed by atoms with E-state index in [0.29, 0.717) is 29.8 Å². The second kappa shape index (κ2) is 12.2. The lowest BCUT2D eigenvalue weighted by atomic mass is 10.1. The summed E-state index contributed by atoms with van der Waals surface area (Å²) in [6.45, 7) is 0. The van der Waals surface area contributed by atoms with Gasteiger partial charge in [-0.1, -0.05) is 34.8 Å². The molecule has 0 aliphatic carbocycles. The maximum atomic E-state index is 14.1. The first-order valence-corrected chi connectivity index (χ1v) is 15.5. The molecule has 12 heteroatoms. The van der Waals surface area contributed by atoms with E-state index in [1.807, 2.05) is 0 Å². The number of esters is 2. The monoisotopic (exact) mass is 638 g/mol. The van der Waals surface area contributed by atoms with Gasteiger partial charge in [-0.25, -0.2) is 13.2 Å². The van der Waals surface area contributed by atoms with Crippen molar-refractivity contribution in [3.8, 4) is 0 Å². The number of hydrogen-bond donors (Lipinski definition) is 0. The van der Waals surface area contributed by atoms with Gasteiger partial charge in [0.2, 0.25) is 0 Å². The average Bonchev–Trinajstić information content (AvgIpc) is 2.96. The molecule has 0 aliphatic heterocycles. The minimum absolute atomic E-state index is 0.183. The molecular formula is C28H21Cl3O7S2. The van der Waals surface area contributed by atoms with Crippen LogP contribution in [0.15, 0.2) is 111 Å². The quantitative estimate of drug-likeness (QED) is 0.181. The summed E-state index contributed by atoms with van der Waals surface area (Å²) in [5.74, 6) is -1.71. The number of carbonyl (C=O) groups excluding carboxylic acids is 2. The molecule has 7 nitrogen and oxygen atoms in total. The average molecular weight is 640 g/mol. The third kappa shape index (κ3) is 6.15. The molecule has 0 fully saturated rings. The van der Waals surface area contributed by atoms with E-state index in [1.54, 1.807) is 72.8 Å². The Hall–Kier alpha value is -3.05. The molecule has 0 N–H and O–H groups in total. The highest BCUT2D eigenvalue weighted by atomic mass is 35.5. The van der Waals surface area contributed by atoms with E-state index in [9.17, 15) is 18.0 Å². The van der Waals surface area contributed by atoms with Gasteiger partial charge in [-0.2, -0.15) is 8.42 Å². The van der Waals surface area contributed by atoms with Crippen LogP contribution < -0.4 is 0 Å². The van der Waals surface area contributed by atoms with Crippen molar-refractivity contribution in [1.29, 1.82) is 0 Å². The van der Waals surface area contributed by atoms with Crippen LogP contribution in [0.1, 0.15) is 20.7 Å². The fourth-order valence-corrected chi connectivity index (χ4v) is 9.42. The van der Waals surface area contributed by atoms with E-state index in [4.69, 9.17) is 47.9 Å². The number of rotatable bonds is 8. The topological polar surface area (TPSA) is 96.0 Å². The molecule has 0 atom stereocenters. The number of halogens is 3. The van der Waals surface area contributed by atoms with Gasteiger partial charge >= 0.3 is 22.1 Å². The minimum Gasteiger partial charge on any atom is -0.465 e. The smallest absolute Gasteiger partial charge is 0.337 e. The lowest BCUT2D eigenvalue weighted by molar-refractivity contribution is 0.0598. The van der Waals surface area contributed by atoms with Crippen molar-refractivity contribution in [1.82, 2.24) is 0 Å². The number of ether oxygens (including phenoxy) is 2. The molecule has 0 bridgehead atoms. The molecule has 0 aliphatic rings. The first kappa shape index (κ1) is 29.9. The zero-order valence-electron chi connectivity index (χ0n) is 21.0. The van der Waals surface area contributed by atoms with Gasteiger partial charge in [0.15, 0.2) is 0 Å². The molecule has 0 saturated heterocycles. The van der Waals surface area contributed by atoms with Gasteiger partial charge in [-0.3, -0.25) is 0 Å². The van der Waals surface area contributed by atoms with Gasteiger partial charge in [0.05, 0.1) is 30.2 Å². The van der Waals surface area contributed by atoms with Crippen molar-refractivity contribution in [3.63, 3.8) is 0 Å².